The Balaban J connectivity index is 1.70. The van der Waals surface area contributed by atoms with Gasteiger partial charge < -0.3 is 9.64 Å². The first-order valence-electron chi connectivity index (χ1n) is 8.47. The monoisotopic (exact) mass is 295 g/mol. The van der Waals surface area contributed by atoms with Crippen LogP contribution in [-0.2, 0) is 14.3 Å². The van der Waals surface area contributed by atoms with Gasteiger partial charge in [0.2, 0.25) is 5.91 Å². The second-order valence-electron chi connectivity index (χ2n) is 6.80. The van der Waals surface area contributed by atoms with Gasteiger partial charge in [-0.3, -0.25) is 9.59 Å². The number of hydrogen-bond donors (Lipinski definition) is 0. The van der Waals surface area contributed by atoms with Crippen molar-refractivity contribution < 1.29 is 14.3 Å². The van der Waals surface area contributed by atoms with Gasteiger partial charge in [0.25, 0.3) is 0 Å². The minimum Gasteiger partial charge on any atom is -0.469 e. The summed E-state index contributed by atoms with van der Waals surface area (Å²) in [4.78, 5) is 25.8. The van der Waals surface area contributed by atoms with Gasteiger partial charge in [-0.15, -0.1) is 0 Å². The average molecular weight is 295 g/mol. The standard InChI is InChI=1S/C17H29NO3/c1-13-11-18(12-15(13)17(20)21-2)16(19)10-6-9-14-7-4-3-5-8-14/h13-15H,3-12H2,1-2H3. The largest absolute Gasteiger partial charge is 0.469 e. The summed E-state index contributed by atoms with van der Waals surface area (Å²) in [6.45, 7) is 3.26. The summed E-state index contributed by atoms with van der Waals surface area (Å²) in [5, 5.41) is 0. The van der Waals surface area contributed by atoms with E-state index in [4.69, 9.17) is 4.74 Å². The molecule has 0 N–H and O–H groups in total. The van der Waals surface area contributed by atoms with E-state index in [9.17, 15) is 9.59 Å². The van der Waals surface area contributed by atoms with Gasteiger partial charge in [-0.25, -0.2) is 0 Å². The topological polar surface area (TPSA) is 46.6 Å². The van der Waals surface area contributed by atoms with Gasteiger partial charge in [-0.05, 0) is 24.7 Å². The highest BCUT2D eigenvalue weighted by Crippen LogP contribution is 2.29. The van der Waals surface area contributed by atoms with E-state index < -0.39 is 0 Å². The van der Waals surface area contributed by atoms with Crippen LogP contribution in [0, 0.1) is 17.8 Å². The van der Waals surface area contributed by atoms with Gasteiger partial charge in [0.1, 0.15) is 0 Å². The van der Waals surface area contributed by atoms with Gasteiger partial charge >= 0.3 is 5.97 Å². The van der Waals surface area contributed by atoms with E-state index in [1.54, 1.807) is 0 Å². The zero-order valence-electron chi connectivity index (χ0n) is 13.5. The summed E-state index contributed by atoms with van der Waals surface area (Å²) in [6.07, 6.45) is 9.63. The maximum absolute atomic E-state index is 12.3. The fraction of sp³-hybridized carbons (Fsp3) is 0.882. The van der Waals surface area contributed by atoms with Crippen LogP contribution in [0.3, 0.4) is 0 Å². The summed E-state index contributed by atoms with van der Waals surface area (Å²) in [5.74, 6) is 0.938. The predicted octanol–water partition coefficient (Wildman–Crippen LogP) is 3.00. The second-order valence-corrected chi connectivity index (χ2v) is 6.80. The van der Waals surface area contributed by atoms with E-state index in [2.05, 4.69) is 0 Å². The van der Waals surface area contributed by atoms with Crippen LogP contribution in [0.15, 0.2) is 0 Å². The van der Waals surface area contributed by atoms with Gasteiger partial charge in [0.05, 0.1) is 13.0 Å². The molecule has 0 bridgehead atoms. The summed E-state index contributed by atoms with van der Waals surface area (Å²) < 4.78 is 4.82. The van der Waals surface area contributed by atoms with Crippen molar-refractivity contribution in [3.05, 3.63) is 0 Å². The van der Waals surface area contributed by atoms with Gasteiger partial charge in [-0.2, -0.15) is 0 Å². The molecular weight excluding hydrogens is 266 g/mol. The molecule has 0 radical (unpaired) electrons. The maximum atomic E-state index is 12.3. The molecule has 1 saturated carbocycles. The SMILES string of the molecule is COC(=O)C1CN(C(=O)CCCC2CCCCC2)CC1C. The van der Waals surface area contributed by atoms with Crippen LogP contribution >= 0.6 is 0 Å². The molecule has 0 aromatic carbocycles. The fourth-order valence-corrected chi connectivity index (χ4v) is 3.80. The van der Waals surface area contributed by atoms with Crippen LogP contribution in [-0.4, -0.2) is 37.0 Å². The highest BCUT2D eigenvalue weighted by atomic mass is 16.5. The number of amides is 1. The van der Waals surface area contributed by atoms with E-state index in [1.165, 1.54) is 45.6 Å². The Morgan fingerprint density at radius 1 is 1.14 bits per heavy atom. The third-order valence-corrected chi connectivity index (χ3v) is 5.20. The smallest absolute Gasteiger partial charge is 0.310 e. The summed E-state index contributed by atoms with van der Waals surface area (Å²) in [6, 6.07) is 0. The quantitative estimate of drug-likeness (QED) is 0.732. The molecular formula is C17H29NO3. The van der Waals surface area contributed by atoms with Crippen molar-refractivity contribution >= 4 is 11.9 Å². The molecule has 1 heterocycles. The molecule has 120 valence electrons. The molecule has 2 fully saturated rings. The number of nitrogens with zero attached hydrogens (tertiary/aromatic N) is 1. The van der Waals surface area contributed by atoms with Crippen LogP contribution in [0.2, 0.25) is 0 Å². The number of methoxy groups -OCH3 is 1. The molecule has 2 aliphatic rings. The zero-order valence-corrected chi connectivity index (χ0v) is 13.5. The summed E-state index contributed by atoms with van der Waals surface area (Å²) in [7, 11) is 1.42. The average Bonchev–Trinajstić information content (AvgIpc) is 2.89. The lowest BCUT2D eigenvalue weighted by atomic mass is 9.86. The van der Waals surface area contributed by atoms with Crippen molar-refractivity contribution in [2.75, 3.05) is 20.2 Å². The number of likely N-dealkylation sites (tertiary alicyclic amines) is 1. The number of hydrogen-bond acceptors (Lipinski definition) is 3. The molecule has 2 unspecified atom stereocenters. The summed E-state index contributed by atoms with van der Waals surface area (Å²) >= 11 is 0. The number of rotatable bonds is 5. The highest BCUT2D eigenvalue weighted by Gasteiger charge is 2.37. The lowest BCUT2D eigenvalue weighted by Gasteiger charge is -2.22. The van der Waals surface area contributed by atoms with Gasteiger partial charge in [-0.1, -0.05) is 39.0 Å². The second kappa shape index (κ2) is 7.81. The molecule has 4 heteroatoms. The van der Waals surface area contributed by atoms with Crippen molar-refractivity contribution in [3.63, 3.8) is 0 Å². The van der Waals surface area contributed by atoms with Crippen molar-refractivity contribution in [3.8, 4) is 0 Å². The highest BCUT2D eigenvalue weighted by molar-refractivity contribution is 5.79. The molecule has 0 aromatic rings. The molecule has 4 nitrogen and oxygen atoms in total. The van der Waals surface area contributed by atoms with Gasteiger partial charge in [0.15, 0.2) is 0 Å². The van der Waals surface area contributed by atoms with Crippen molar-refractivity contribution in [1.82, 2.24) is 4.90 Å². The Kier molecular flexibility index (Phi) is 6.07. The molecule has 1 aliphatic carbocycles. The minimum atomic E-state index is -0.181. The lowest BCUT2D eigenvalue weighted by Crippen LogP contribution is -2.30. The third kappa shape index (κ3) is 4.45. The van der Waals surface area contributed by atoms with Crippen LogP contribution < -0.4 is 0 Å². The molecule has 0 spiro atoms. The molecule has 0 aromatic heterocycles. The van der Waals surface area contributed by atoms with Crippen LogP contribution in [0.5, 0.6) is 0 Å². The van der Waals surface area contributed by atoms with E-state index in [0.29, 0.717) is 19.5 Å². The first-order valence-corrected chi connectivity index (χ1v) is 8.47. The van der Waals surface area contributed by atoms with E-state index >= 15 is 0 Å². The zero-order chi connectivity index (χ0) is 15.2. The molecule has 1 aliphatic heterocycles. The first-order chi connectivity index (χ1) is 10.1. The molecule has 21 heavy (non-hydrogen) atoms. The van der Waals surface area contributed by atoms with Gasteiger partial charge in [0, 0.05) is 19.5 Å². The summed E-state index contributed by atoms with van der Waals surface area (Å²) in [5.41, 5.74) is 0. The normalized spacial score (nSPS) is 26.9. The third-order valence-electron chi connectivity index (χ3n) is 5.20. The number of ether oxygens (including phenoxy) is 1. The number of esters is 1. The Bertz CT molecular complexity index is 363. The minimum absolute atomic E-state index is 0.141. The number of carbonyl (C=O) groups excluding carboxylic acids is 2. The van der Waals surface area contributed by atoms with Crippen LogP contribution in [0.1, 0.15) is 58.3 Å². The van der Waals surface area contributed by atoms with E-state index in [1.807, 2.05) is 11.8 Å². The van der Waals surface area contributed by atoms with E-state index in [-0.39, 0.29) is 23.7 Å². The maximum Gasteiger partial charge on any atom is 0.310 e. The first kappa shape index (κ1) is 16.3. The van der Waals surface area contributed by atoms with Crippen molar-refractivity contribution in [2.24, 2.45) is 17.8 Å². The Hall–Kier alpha value is -1.06. The fourth-order valence-electron chi connectivity index (χ4n) is 3.80. The van der Waals surface area contributed by atoms with Crippen LogP contribution in [0.25, 0.3) is 0 Å². The molecule has 2 rings (SSSR count). The molecule has 1 amide bonds. The number of carbonyl (C=O) groups is 2. The molecule has 1 saturated heterocycles. The van der Waals surface area contributed by atoms with Crippen molar-refractivity contribution in [2.45, 2.75) is 58.3 Å². The Morgan fingerprint density at radius 3 is 2.52 bits per heavy atom. The molecule has 2 atom stereocenters. The Morgan fingerprint density at radius 2 is 1.86 bits per heavy atom. The van der Waals surface area contributed by atoms with Crippen LogP contribution in [0.4, 0.5) is 0 Å². The lowest BCUT2D eigenvalue weighted by molar-refractivity contribution is -0.146. The Labute approximate surface area is 128 Å². The van der Waals surface area contributed by atoms with E-state index in [0.717, 1.165) is 12.3 Å². The van der Waals surface area contributed by atoms with Crippen molar-refractivity contribution in [1.29, 1.82) is 0 Å². The predicted molar refractivity (Wildman–Crippen MR) is 81.7 cm³/mol.